The molecule has 2 aromatic carbocycles. The van der Waals surface area contributed by atoms with E-state index in [1.807, 2.05) is 50.2 Å². The van der Waals surface area contributed by atoms with E-state index in [2.05, 4.69) is 10.6 Å². The molecule has 0 aliphatic rings. The standard InChI is InChI=1S/C25H25N3O3/c1-16-22(20-10-6-18(14-26)7-11-20)23(25(30)31-5)17(2)28(16)15-19-8-12-21(13-9-19)24(29)27(3)4/h6-13H,15H2,1-5H3. The van der Waals surface area contributed by atoms with Crippen LogP contribution in [0, 0.1) is 25.2 Å². The Hall–Kier alpha value is -3.85. The van der Waals surface area contributed by atoms with Crippen LogP contribution in [0.1, 0.15) is 43.2 Å². The summed E-state index contributed by atoms with van der Waals surface area (Å²) in [5.41, 5.74) is 6.10. The molecule has 1 aromatic heterocycles. The molecular weight excluding hydrogens is 390 g/mol. The highest BCUT2D eigenvalue weighted by Gasteiger charge is 2.25. The predicted octanol–water partition coefficient (Wildman–Crippen LogP) is 4.18. The molecule has 0 unspecified atom stereocenters. The van der Waals surface area contributed by atoms with Gasteiger partial charge in [0.2, 0.25) is 0 Å². The Balaban J connectivity index is 2.05. The predicted molar refractivity (Wildman–Crippen MR) is 119 cm³/mol. The summed E-state index contributed by atoms with van der Waals surface area (Å²) in [5.74, 6) is -0.443. The largest absolute Gasteiger partial charge is 0.465 e. The highest BCUT2D eigenvalue weighted by atomic mass is 16.5. The molecule has 0 bridgehead atoms. The Morgan fingerprint density at radius 2 is 1.61 bits per heavy atom. The maximum Gasteiger partial charge on any atom is 0.340 e. The average molecular weight is 415 g/mol. The average Bonchev–Trinajstić information content (AvgIpc) is 3.03. The van der Waals surface area contributed by atoms with Crippen molar-refractivity contribution in [1.82, 2.24) is 9.47 Å². The Morgan fingerprint density at radius 3 is 2.13 bits per heavy atom. The number of rotatable bonds is 5. The fraction of sp³-hybridized carbons (Fsp3) is 0.240. The lowest BCUT2D eigenvalue weighted by molar-refractivity contribution is 0.0600. The van der Waals surface area contributed by atoms with Crippen LogP contribution in [0.2, 0.25) is 0 Å². The van der Waals surface area contributed by atoms with Crippen molar-refractivity contribution >= 4 is 11.9 Å². The topological polar surface area (TPSA) is 75.3 Å². The van der Waals surface area contributed by atoms with E-state index in [1.54, 1.807) is 31.1 Å². The highest BCUT2D eigenvalue weighted by molar-refractivity contribution is 5.99. The molecule has 3 rings (SSSR count). The van der Waals surface area contributed by atoms with Crippen molar-refractivity contribution in [3.63, 3.8) is 0 Å². The first-order valence-corrected chi connectivity index (χ1v) is 9.87. The van der Waals surface area contributed by atoms with Crippen molar-refractivity contribution in [2.45, 2.75) is 20.4 Å². The molecule has 0 aliphatic carbocycles. The first kappa shape index (κ1) is 21.8. The van der Waals surface area contributed by atoms with Crippen molar-refractivity contribution in [2.24, 2.45) is 0 Å². The molecule has 0 saturated carbocycles. The summed E-state index contributed by atoms with van der Waals surface area (Å²) in [6, 6.07) is 16.8. The molecule has 1 heterocycles. The van der Waals surface area contributed by atoms with Crippen LogP contribution in [0.15, 0.2) is 48.5 Å². The number of carbonyl (C=O) groups is 2. The second-order valence-corrected chi connectivity index (χ2v) is 7.58. The monoisotopic (exact) mass is 415 g/mol. The van der Waals surface area contributed by atoms with Gasteiger partial charge in [-0.15, -0.1) is 0 Å². The van der Waals surface area contributed by atoms with Gasteiger partial charge in [-0.3, -0.25) is 4.79 Å². The first-order chi connectivity index (χ1) is 14.8. The fourth-order valence-electron chi connectivity index (χ4n) is 3.73. The van der Waals surface area contributed by atoms with Gasteiger partial charge in [-0.25, -0.2) is 4.79 Å². The van der Waals surface area contributed by atoms with Crippen LogP contribution in [-0.2, 0) is 11.3 Å². The number of aromatic nitrogens is 1. The number of hydrogen-bond acceptors (Lipinski definition) is 4. The number of carbonyl (C=O) groups excluding carboxylic acids is 2. The molecule has 0 spiro atoms. The number of ether oxygens (including phenoxy) is 1. The summed E-state index contributed by atoms with van der Waals surface area (Å²) in [5, 5.41) is 9.08. The third kappa shape index (κ3) is 4.22. The third-order valence-electron chi connectivity index (χ3n) is 5.42. The maximum absolute atomic E-state index is 12.6. The second kappa shape index (κ2) is 8.88. The lowest BCUT2D eigenvalue weighted by atomic mass is 9.99. The number of nitrogens with zero attached hydrogens (tertiary/aromatic N) is 3. The summed E-state index contributed by atoms with van der Waals surface area (Å²) >= 11 is 0. The number of methoxy groups -OCH3 is 1. The lowest BCUT2D eigenvalue weighted by Gasteiger charge is -2.12. The normalized spacial score (nSPS) is 10.5. The van der Waals surface area contributed by atoms with Crippen molar-refractivity contribution in [3.05, 3.63) is 82.2 Å². The molecule has 0 saturated heterocycles. The minimum absolute atomic E-state index is 0.0454. The molecular formula is C25H25N3O3. The Labute approximate surface area is 182 Å². The minimum Gasteiger partial charge on any atom is -0.465 e. The number of amides is 1. The molecule has 0 atom stereocenters. The molecule has 0 N–H and O–H groups in total. The van der Waals surface area contributed by atoms with Crippen LogP contribution in [-0.4, -0.2) is 42.5 Å². The van der Waals surface area contributed by atoms with Crippen LogP contribution in [0.25, 0.3) is 11.1 Å². The Morgan fingerprint density at radius 1 is 1.00 bits per heavy atom. The molecule has 0 aliphatic heterocycles. The minimum atomic E-state index is -0.398. The fourth-order valence-corrected chi connectivity index (χ4v) is 3.73. The number of benzene rings is 2. The maximum atomic E-state index is 12.6. The van der Waals surface area contributed by atoms with Gasteiger partial charge in [0, 0.05) is 43.2 Å². The van der Waals surface area contributed by atoms with E-state index in [-0.39, 0.29) is 5.91 Å². The summed E-state index contributed by atoms with van der Waals surface area (Å²) in [6.45, 7) is 4.42. The van der Waals surface area contributed by atoms with Gasteiger partial charge in [0.25, 0.3) is 5.91 Å². The molecule has 0 radical (unpaired) electrons. The number of esters is 1. The van der Waals surface area contributed by atoms with E-state index < -0.39 is 5.97 Å². The van der Waals surface area contributed by atoms with Crippen LogP contribution in [0.4, 0.5) is 0 Å². The summed E-state index contributed by atoms with van der Waals surface area (Å²) < 4.78 is 7.13. The van der Waals surface area contributed by atoms with Gasteiger partial charge >= 0.3 is 5.97 Å². The van der Waals surface area contributed by atoms with Gasteiger partial charge in [0.05, 0.1) is 24.3 Å². The zero-order valence-electron chi connectivity index (χ0n) is 18.4. The van der Waals surface area contributed by atoms with Gasteiger partial charge in [0.15, 0.2) is 0 Å². The van der Waals surface area contributed by atoms with Crippen molar-refractivity contribution in [2.75, 3.05) is 21.2 Å². The van der Waals surface area contributed by atoms with Crippen LogP contribution in [0.5, 0.6) is 0 Å². The van der Waals surface area contributed by atoms with E-state index in [0.717, 1.165) is 28.1 Å². The van der Waals surface area contributed by atoms with Gasteiger partial charge in [-0.05, 0) is 49.2 Å². The quantitative estimate of drug-likeness (QED) is 0.586. The number of nitriles is 1. The van der Waals surface area contributed by atoms with Gasteiger partial charge in [-0.2, -0.15) is 5.26 Å². The summed E-state index contributed by atoms with van der Waals surface area (Å²) in [4.78, 5) is 26.3. The van der Waals surface area contributed by atoms with Gasteiger partial charge < -0.3 is 14.2 Å². The second-order valence-electron chi connectivity index (χ2n) is 7.58. The van der Waals surface area contributed by atoms with Crippen LogP contribution < -0.4 is 0 Å². The SMILES string of the molecule is COC(=O)c1c(-c2ccc(C#N)cc2)c(C)n(Cc2ccc(C(=O)N(C)C)cc2)c1C. The first-order valence-electron chi connectivity index (χ1n) is 9.87. The Kier molecular flexibility index (Phi) is 6.26. The van der Waals surface area contributed by atoms with Crippen LogP contribution >= 0.6 is 0 Å². The van der Waals surface area contributed by atoms with E-state index in [4.69, 9.17) is 10.00 Å². The van der Waals surface area contributed by atoms with Gasteiger partial charge in [0.1, 0.15) is 0 Å². The van der Waals surface area contributed by atoms with Crippen molar-refractivity contribution < 1.29 is 14.3 Å². The molecule has 0 fully saturated rings. The zero-order chi connectivity index (χ0) is 22.7. The smallest absolute Gasteiger partial charge is 0.340 e. The molecule has 3 aromatic rings. The molecule has 1 amide bonds. The van der Waals surface area contributed by atoms with E-state index >= 15 is 0 Å². The van der Waals surface area contributed by atoms with Crippen LogP contribution in [0.3, 0.4) is 0 Å². The third-order valence-corrected chi connectivity index (χ3v) is 5.42. The van der Waals surface area contributed by atoms with Crippen molar-refractivity contribution in [3.8, 4) is 17.2 Å². The molecule has 31 heavy (non-hydrogen) atoms. The van der Waals surface area contributed by atoms with Crippen molar-refractivity contribution in [1.29, 1.82) is 5.26 Å². The highest BCUT2D eigenvalue weighted by Crippen LogP contribution is 2.33. The number of hydrogen-bond donors (Lipinski definition) is 0. The molecule has 6 heteroatoms. The van der Waals surface area contributed by atoms with E-state index in [0.29, 0.717) is 23.2 Å². The Bertz CT molecular complexity index is 1160. The zero-order valence-corrected chi connectivity index (χ0v) is 18.4. The molecule has 158 valence electrons. The lowest BCUT2D eigenvalue weighted by Crippen LogP contribution is -2.21. The van der Waals surface area contributed by atoms with E-state index in [1.165, 1.54) is 7.11 Å². The summed E-state index contributed by atoms with van der Waals surface area (Å²) in [6.07, 6.45) is 0. The van der Waals surface area contributed by atoms with E-state index in [9.17, 15) is 9.59 Å². The summed E-state index contributed by atoms with van der Waals surface area (Å²) in [7, 11) is 4.82. The molecule has 6 nitrogen and oxygen atoms in total. The van der Waals surface area contributed by atoms with Gasteiger partial charge in [-0.1, -0.05) is 24.3 Å².